The predicted octanol–water partition coefficient (Wildman–Crippen LogP) is 3.98. The highest BCUT2D eigenvalue weighted by molar-refractivity contribution is 6.42. The molecule has 11 N–H and O–H groups in total. The number of hydrogen-bond donors (Lipinski definition) is 10. The normalized spacial score (nSPS) is 19.2. The molecule has 0 unspecified atom stereocenters. The van der Waals surface area contributed by atoms with E-state index < -0.39 is 11.2 Å². The Hall–Kier alpha value is -3.73. The van der Waals surface area contributed by atoms with Crippen molar-refractivity contribution in [3.63, 3.8) is 0 Å². The third-order valence-electron chi connectivity index (χ3n) is 14.0. The van der Waals surface area contributed by atoms with E-state index in [0.29, 0.717) is 81.8 Å². The number of aromatic hydroxyl groups is 1. The highest BCUT2D eigenvalue weighted by atomic mass is 35.5. The number of nitrogens with zero attached hydrogens (tertiary/aromatic N) is 3. The first-order chi connectivity index (χ1) is 34.0. The molecule has 0 aliphatic carbocycles. The summed E-state index contributed by atoms with van der Waals surface area (Å²) in [5, 5.41) is 60.2. The highest BCUT2D eigenvalue weighted by Crippen LogP contribution is 2.35. The standard InChI is InChI=1S/C16H22Cl2N2O3.C14H26N2O4.C12H24N2O3.C9H18N2O2/c1-11(22)19-9-16(10-21)2-4-20(5-3-16)8-12-6-13(17)14(18)7-15(12)23;1-11(18)15-9-14(10-17)5-7-16(8-6-14)12(19)20-13(2,3)4;1-11(2,3)17-10(16)14-6-4-12(8-13,9-15)5-7-14;1-8(13)11-6-9(7-12)2-4-10-5-3-9/h6-7,21,23H,2-5,8-10H2,1H3,(H,19,22);17H,5-10H2,1-4H3,(H,15,18);15H,4-9,13H2,1-3H3;10,12H,2-7H2,1H3,(H,11,13). The summed E-state index contributed by atoms with van der Waals surface area (Å²) >= 11 is 11.9. The fourth-order valence-corrected chi connectivity index (χ4v) is 8.95. The number of aliphatic hydroxyl groups excluding tert-OH is 4. The number of nitrogens with two attached hydrogens (primary N) is 1. The maximum absolute atomic E-state index is 12.0. The van der Waals surface area contributed by atoms with Crippen LogP contribution in [0.4, 0.5) is 9.59 Å². The van der Waals surface area contributed by atoms with Crippen LogP contribution in [0.5, 0.6) is 5.75 Å². The van der Waals surface area contributed by atoms with Crippen molar-refractivity contribution < 1.29 is 59.0 Å². The molecule has 4 heterocycles. The lowest BCUT2D eigenvalue weighted by atomic mass is 9.79. The highest BCUT2D eigenvalue weighted by Gasteiger charge is 2.39. The van der Waals surface area contributed by atoms with E-state index in [1.165, 1.54) is 26.8 Å². The number of phenols is 1. The van der Waals surface area contributed by atoms with Gasteiger partial charge in [0.1, 0.15) is 17.0 Å². The van der Waals surface area contributed by atoms with Crippen molar-refractivity contribution in [1.29, 1.82) is 0 Å². The van der Waals surface area contributed by atoms with Gasteiger partial charge < -0.3 is 71.8 Å². The van der Waals surface area contributed by atoms with Crippen molar-refractivity contribution in [2.45, 2.75) is 131 Å². The molecule has 1 aromatic carbocycles. The number of piperidine rings is 4. The smallest absolute Gasteiger partial charge is 0.410 e. The minimum absolute atomic E-state index is 0.00936. The second-order valence-corrected chi connectivity index (χ2v) is 23.2. The number of rotatable bonds is 13. The van der Waals surface area contributed by atoms with Gasteiger partial charge in [-0.15, -0.1) is 0 Å². The molecule has 0 atom stereocenters. The molecule has 73 heavy (non-hydrogen) atoms. The summed E-state index contributed by atoms with van der Waals surface area (Å²) in [6.45, 7) is 24.1. The monoisotopic (exact) mass is 1080 g/mol. The van der Waals surface area contributed by atoms with Crippen LogP contribution in [-0.2, 0) is 30.4 Å². The van der Waals surface area contributed by atoms with Crippen molar-refractivity contribution in [2.75, 3.05) is 105 Å². The maximum Gasteiger partial charge on any atom is 0.410 e. The van der Waals surface area contributed by atoms with Crippen LogP contribution in [-0.4, -0.2) is 186 Å². The quantitative estimate of drug-likeness (QED) is 0.134. The molecule has 0 spiro atoms. The summed E-state index contributed by atoms with van der Waals surface area (Å²) in [6.07, 6.45) is 5.63. The second-order valence-electron chi connectivity index (χ2n) is 22.4. The molecular weight excluding hydrogens is 988 g/mol. The van der Waals surface area contributed by atoms with E-state index in [0.717, 1.165) is 70.3 Å². The summed E-state index contributed by atoms with van der Waals surface area (Å²) in [4.78, 5) is 62.1. The molecule has 5 amide bonds. The van der Waals surface area contributed by atoms with Gasteiger partial charge in [0.25, 0.3) is 0 Å². The summed E-state index contributed by atoms with van der Waals surface area (Å²) in [5.41, 5.74) is 4.56. The summed E-state index contributed by atoms with van der Waals surface area (Å²) in [7, 11) is 0. The number of nitrogens with one attached hydrogen (secondary N) is 4. The molecule has 0 radical (unpaired) electrons. The van der Waals surface area contributed by atoms with Crippen molar-refractivity contribution in [3.8, 4) is 5.75 Å². The third kappa shape index (κ3) is 23.4. The summed E-state index contributed by atoms with van der Waals surface area (Å²) in [6, 6.07) is 3.14. The number of ether oxygens (including phenoxy) is 2. The van der Waals surface area contributed by atoms with Crippen LogP contribution in [0.2, 0.25) is 10.0 Å². The minimum Gasteiger partial charge on any atom is -0.508 e. The van der Waals surface area contributed by atoms with Crippen LogP contribution >= 0.6 is 23.2 Å². The van der Waals surface area contributed by atoms with Crippen molar-refractivity contribution >= 4 is 53.1 Å². The lowest BCUT2D eigenvalue weighted by Gasteiger charge is -2.40. The largest absolute Gasteiger partial charge is 0.508 e. The van der Waals surface area contributed by atoms with Gasteiger partial charge in [-0.2, -0.15) is 0 Å². The lowest BCUT2D eigenvalue weighted by molar-refractivity contribution is -0.120. The molecule has 420 valence electrons. The van der Waals surface area contributed by atoms with Gasteiger partial charge >= 0.3 is 12.2 Å². The molecule has 4 fully saturated rings. The van der Waals surface area contributed by atoms with Gasteiger partial charge in [-0.05, 0) is 125 Å². The first-order valence-corrected chi connectivity index (χ1v) is 26.2. The third-order valence-corrected chi connectivity index (χ3v) is 14.7. The molecular formula is C51H90Cl2N8O12. The van der Waals surface area contributed by atoms with E-state index in [4.69, 9.17) is 38.4 Å². The molecule has 0 saturated carbocycles. The number of likely N-dealkylation sites (tertiary alicyclic amines) is 3. The van der Waals surface area contributed by atoms with Crippen LogP contribution < -0.4 is 27.0 Å². The average molecular weight is 1080 g/mol. The molecule has 20 nitrogen and oxygen atoms in total. The van der Waals surface area contributed by atoms with E-state index in [2.05, 4.69) is 26.2 Å². The van der Waals surface area contributed by atoms with E-state index in [1.54, 1.807) is 15.9 Å². The Kier molecular flexibility index (Phi) is 27.0. The van der Waals surface area contributed by atoms with E-state index in [-0.39, 0.29) is 83.7 Å². The van der Waals surface area contributed by atoms with Crippen molar-refractivity contribution in [2.24, 2.45) is 27.4 Å². The molecule has 5 rings (SSSR count). The Balaban J connectivity index is 0.000000340. The molecule has 4 saturated heterocycles. The molecule has 1 aromatic rings. The number of phenolic OH excluding ortho intramolecular Hbond substituents is 1. The van der Waals surface area contributed by atoms with Crippen molar-refractivity contribution in [1.82, 2.24) is 36.0 Å². The second kappa shape index (κ2) is 30.1. The number of carbonyl (C=O) groups excluding carboxylic acids is 5. The SMILES string of the molecule is CC(=O)NCC1(CO)CCN(C(=O)OC(C)(C)C)CC1.CC(=O)NCC1(CO)CCN(Cc2cc(Cl)c(Cl)cc2O)CC1.CC(=O)NCC1(CO)CCNCC1.CC(C)(C)OC(=O)N1CCC(CN)(CO)CC1. The fourth-order valence-electron chi connectivity index (χ4n) is 8.60. The van der Waals surface area contributed by atoms with E-state index in [1.807, 2.05) is 41.5 Å². The Bertz CT molecular complexity index is 1880. The fraction of sp³-hybridized carbons (Fsp3) is 0.784. The zero-order valence-corrected chi connectivity index (χ0v) is 46.6. The molecule has 0 bridgehead atoms. The number of hydrogen-bond acceptors (Lipinski definition) is 15. The van der Waals surface area contributed by atoms with Crippen molar-refractivity contribution in [3.05, 3.63) is 27.7 Å². The van der Waals surface area contributed by atoms with E-state index >= 15 is 0 Å². The number of carbonyl (C=O) groups is 5. The predicted molar refractivity (Wildman–Crippen MR) is 282 cm³/mol. The van der Waals surface area contributed by atoms with Gasteiger partial charge in [0.05, 0.1) is 36.5 Å². The van der Waals surface area contributed by atoms with Gasteiger partial charge in [-0.25, -0.2) is 9.59 Å². The zero-order valence-electron chi connectivity index (χ0n) is 45.1. The summed E-state index contributed by atoms with van der Waals surface area (Å²) < 4.78 is 10.6. The molecule has 0 aromatic heterocycles. The molecule has 4 aliphatic rings. The van der Waals surface area contributed by atoms with Crippen LogP contribution in [0.1, 0.15) is 119 Å². The Labute approximate surface area is 443 Å². The number of amides is 5. The minimum atomic E-state index is -0.501. The number of halogens is 2. The Morgan fingerprint density at radius 3 is 1.25 bits per heavy atom. The van der Waals surface area contributed by atoms with Gasteiger partial charge in [-0.1, -0.05) is 23.2 Å². The lowest BCUT2D eigenvalue weighted by Crippen LogP contribution is -2.50. The molecule has 4 aliphatic heterocycles. The Morgan fingerprint density at radius 1 is 0.589 bits per heavy atom. The average Bonchev–Trinajstić information content (AvgIpc) is 3.34. The van der Waals surface area contributed by atoms with Gasteiger partial charge in [0, 0.05) is 113 Å². The first-order valence-electron chi connectivity index (χ1n) is 25.5. The van der Waals surface area contributed by atoms with E-state index in [9.17, 15) is 49.5 Å². The van der Waals surface area contributed by atoms with Gasteiger partial charge in [0.2, 0.25) is 17.7 Å². The zero-order chi connectivity index (χ0) is 55.3. The topological polar surface area (TPSA) is 289 Å². The maximum atomic E-state index is 12.0. The molecule has 22 heteroatoms. The Morgan fingerprint density at radius 2 is 0.918 bits per heavy atom. The number of aliphatic hydroxyl groups is 4. The van der Waals surface area contributed by atoms with Crippen LogP contribution in [0.25, 0.3) is 0 Å². The van der Waals surface area contributed by atoms with Crippen LogP contribution in [0, 0.1) is 21.7 Å². The van der Waals surface area contributed by atoms with Gasteiger partial charge in [-0.3, -0.25) is 19.3 Å². The summed E-state index contributed by atoms with van der Waals surface area (Å²) in [5.74, 6) is -0.0728. The van der Waals surface area contributed by atoms with Gasteiger partial charge in [0.15, 0.2) is 0 Å². The number of benzene rings is 1. The van der Waals surface area contributed by atoms with Crippen LogP contribution in [0.15, 0.2) is 12.1 Å². The van der Waals surface area contributed by atoms with Crippen LogP contribution in [0.3, 0.4) is 0 Å². The first kappa shape index (κ1) is 65.4.